The van der Waals surface area contributed by atoms with Crippen molar-refractivity contribution in [2.75, 3.05) is 32.7 Å². The number of nitrogens with zero attached hydrogens (tertiary/aromatic N) is 2. The molecule has 0 radical (unpaired) electrons. The van der Waals surface area contributed by atoms with Gasteiger partial charge in [0.1, 0.15) is 11.4 Å². The van der Waals surface area contributed by atoms with E-state index in [1.807, 2.05) is 6.07 Å². The lowest BCUT2D eigenvalue weighted by Crippen LogP contribution is -2.53. The number of fused-ring (bicyclic) bond motifs is 5. The summed E-state index contributed by atoms with van der Waals surface area (Å²) in [6.07, 6.45) is 0.351. The number of likely N-dealkylation sites (N-methyl/N-ethyl adjacent to an activating group) is 1. The van der Waals surface area contributed by atoms with Gasteiger partial charge in [0, 0.05) is 24.8 Å². The maximum atomic E-state index is 14.1. The second-order valence-corrected chi connectivity index (χ2v) is 9.26. The molecule has 1 unspecified atom stereocenters. The fraction of sp³-hybridized carbons (Fsp3) is 0.207. The van der Waals surface area contributed by atoms with Gasteiger partial charge in [-0.2, -0.15) is 0 Å². The highest BCUT2D eigenvalue weighted by atomic mass is 19.1. The first kappa shape index (κ1) is 23.7. The second kappa shape index (κ2) is 8.44. The smallest absolute Gasteiger partial charge is 0.291 e. The highest BCUT2D eigenvalue weighted by Gasteiger charge is 2.64. The first-order valence-corrected chi connectivity index (χ1v) is 12.0. The Morgan fingerprint density at radius 1 is 0.947 bits per heavy atom. The molecule has 1 spiro atoms. The molecule has 3 aromatic carbocycles. The average molecular weight is 515 g/mol. The Morgan fingerprint density at radius 3 is 2.47 bits per heavy atom. The van der Waals surface area contributed by atoms with Gasteiger partial charge in [-0.1, -0.05) is 24.3 Å². The molecular formula is C29H23FN2O6. The van der Waals surface area contributed by atoms with Crippen LogP contribution in [0.4, 0.5) is 10.1 Å². The molecule has 0 saturated heterocycles. The van der Waals surface area contributed by atoms with Crippen molar-refractivity contribution < 1.29 is 27.9 Å². The number of benzene rings is 3. The molecule has 2 amide bonds. The molecule has 0 saturated carbocycles. The summed E-state index contributed by atoms with van der Waals surface area (Å²) in [5.74, 6) is -0.775. The molecule has 4 aromatic rings. The molecule has 8 nitrogen and oxygen atoms in total. The molecule has 1 atom stereocenters. The molecule has 6 rings (SSSR count). The average Bonchev–Trinajstić information content (AvgIpc) is 3.31. The lowest BCUT2D eigenvalue weighted by atomic mass is 9.83. The molecular weight excluding hydrogens is 491 g/mol. The van der Waals surface area contributed by atoms with Crippen molar-refractivity contribution in [3.63, 3.8) is 0 Å². The van der Waals surface area contributed by atoms with Gasteiger partial charge < -0.3 is 23.7 Å². The van der Waals surface area contributed by atoms with E-state index in [1.54, 1.807) is 50.6 Å². The van der Waals surface area contributed by atoms with Crippen LogP contribution in [0.25, 0.3) is 11.0 Å². The molecule has 38 heavy (non-hydrogen) atoms. The van der Waals surface area contributed by atoms with Crippen LogP contribution in [0.3, 0.4) is 0 Å². The number of para-hydroxylation sites is 1. The van der Waals surface area contributed by atoms with Crippen LogP contribution in [0.15, 0.2) is 69.9 Å². The van der Waals surface area contributed by atoms with E-state index >= 15 is 0 Å². The van der Waals surface area contributed by atoms with E-state index in [0.717, 1.165) is 17.7 Å². The van der Waals surface area contributed by atoms with Crippen molar-refractivity contribution in [3.8, 4) is 11.5 Å². The largest absolute Gasteiger partial charge is 0.493 e. The fourth-order valence-corrected chi connectivity index (χ4v) is 5.64. The molecule has 0 N–H and O–H groups in total. The summed E-state index contributed by atoms with van der Waals surface area (Å²) in [7, 11) is 4.68. The van der Waals surface area contributed by atoms with E-state index in [0.29, 0.717) is 29.2 Å². The van der Waals surface area contributed by atoms with Gasteiger partial charge in [-0.3, -0.25) is 14.4 Å². The van der Waals surface area contributed by atoms with Crippen LogP contribution >= 0.6 is 0 Å². The van der Waals surface area contributed by atoms with Gasteiger partial charge in [0.25, 0.3) is 11.8 Å². The number of amides is 2. The third-order valence-electron chi connectivity index (χ3n) is 7.40. The van der Waals surface area contributed by atoms with E-state index in [1.165, 1.54) is 23.0 Å². The predicted octanol–water partition coefficient (Wildman–Crippen LogP) is 3.87. The Morgan fingerprint density at radius 2 is 1.71 bits per heavy atom. The number of rotatable bonds is 5. The highest BCUT2D eigenvalue weighted by Crippen LogP contribution is 2.52. The Balaban J connectivity index is 1.56. The molecule has 3 heterocycles. The van der Waals surface area contributed by atoms with Crippen molar-refractivity contribution >= 4 is 28.5 Å². The quantitative estimate of drug-likeness (QED) is 0.402. The van der Waals surface area contributed by atoms with Gasteiger partial charge in [-0.25, -0.2) is 4.39 Å². The Labute approximate surface area is 216 Å². The number of halogens is 1. The summed E-state index contributed by atoms with van der Waals surface area (Å²) in [4.78, 5) is 44.8. The van der Waals surface area contributed by atoms with Crippen molar-refractivity contribution in [3.05, 3.63) is 99.2 Å². The summed E-state index contributed by atoms with van der Waals surface area (Å²) >= 11 is 0. The lowest BCUT2D eigenvalue weighted by Gasteiger charge is -2.34. The van der Waals surface area contributed by atoms with Crippen LogP contribution in [0.1, 0.15) is 27.2 Å². The summed E-state index contributed by atoms with van der Waals surface area (Å²) in [5.41, 5.74) is -0.457. The van der Waals surface area contributed by atoms with Gasteiger partial charge in [0.05, 0.1) is 25.2 Å². The third-order valence-corrected chi connectivity index (χ3v) is 7.40. The fourth-order valence-electron chi connectivity index (χ4n) is 5.64. The number of carbonyl (C=O) groups is 2. The minimum absolute atomic E-state index is 0.0301. The zero-order valence-corrected chi connectivity index (χ0v) is 20.9. The monoisotopic (exact) mass is 514 g/mol. The Hall–Kier alpha value is -4.66. The minimum atomic E-state index is -1.74. The number of ether oxygens (including phenoxy) is 2. The molecule has 192 valence electrons. The number of hydrogen-bond donors (Lipinski definition) is 0. The summed E-state index contributed by atoms with van der Waals surface area (Å²) in [6, 6.07) is 16.0. The van der Waals surface area contributed by atoms with Gasteiger partial charge in [0.2, 0.25) is 5.76 Å². The molecule has 2 aliphatic rings. The van der Waals surface area contributed by atoms with Crippen molar-refractivity contribution in [1.82, 2.24) is 4.90 Å². The number of carbonyl (C=O) groups excluding carboxylic acids is 2. The third kappa shape index (κ3) is 3.04. The van der Waals surface area contributed by atoms with Crippen LogP contribution in [0.2, 0.25) is 0 Å². The maximum Gasteiger partial charge on any atom is 0.291 e. The number of methoxy groups -OCH3 is 2. The Bertz CT molecular complexity index is 1710. The maximum absolute atomic E-state index is 14.1. The van der Waals surface area contributed by atoms with Gasteiger partial charge in [-0.05, 0) is 48.4 Å². The van der Waals surface area contributed by atoms with E-state index in [9.17, 15) is 18.8 Å². The van der Waals surface area contributed by atoms with Crippen LogP contribution in [-0.4, -0.2) is 44.5 Å². The van der Waals surface area contributed by atoms with E-state index in [2.05, 4.69) is 0 Å². The minimum Gasteiger partial charge on any atom is -0.493 e. The molecule has 0 fully saturated rings. The first-order chi connectivity index (χ1) is 18.3. The molecule has 0 bridgehead atoms. The van der Waals surface area contributed by atoms with E-state index < -0.39 is 28.6 Å². The van der Waals surface area contributed by atoms with Crippen LogP contribution in [-0.2, 0) is 16.8 Å². The molecule has 0 aliphatic carbocycles. The van der Waals surface area contributed by atoms with Crippen LogP contribution in [0.5, 0.6) is 11.5 Å². The van der Waals surface area contributed by atoms with Gasteiger partial charge in [0.15, 0.2) is 22.5 Å². The summed E-state index contributed by atoms with van der Waals surface area (Å²) < 4.78 is 30.8. The molecule has 1 aromatic heterocycles. The zero-order valence-electron chi connectivity index (χ0n) is 20.9. The predicted molar refractivity (Wildman–Crippen MR) is 137 cm³/mol. The SMILES string of the molecule is COc1ccc(CCN2C(=O)c3oc4ccc(F)cc4c(=O)c3C23C(=O)N(C)c2ccccc23)cc1OC. The van der Waals surface area contributed by atoms with E-state index in [4.69, 9.17) is 13.9 Å². The van der Waals surface area contributed by atoms with Crippen molar-refractivity contribution in [2.45, 2.75) is 12.0 Å². The van der Waals surface area contributed by atoms with E-state index in [-0.39, 0.29) is 28.8 Å². The van der Waals surface area contributed by atoms with Gasteiger partial charge >= 0.3 is 0 Å². The highest BCUT2D eigenvalue weighted by molar-refractivity contribution is 6.16. The summed E-state index contributed by atoms with van der Waals surface area (Å²) in [5, 5.41) is -0.0301. The first-order valence-electron chi connectivity index (χ1n) is 12.0. The van der Waals surface area contributed by atoms with Gasteiger partial charge in [-0.15, -0.1) is 0 Å². The zero-order chi connectivity index (χ0) is 26.8. The standard InChI is InChI=1S/C29H23FN2O6/c1-31-20-7-5-4-6-19(20)29(28(31)35)24-25(33)18-15-17(30)9-11-21(18)38-26(24)27(34)32(29)13-12-16-8-10-22(36-2)23(14-16)37-3/h4-11,14-15H,12-13H2,1-3H3. The normalized spacial score (nSPS) is 17.9. The second-order valence-electron chi connectivity index (χ2n) is 9.26. The van der Waals surface area contributed by atoms with Crippen molar-refractivity contribution in [1.29, 1.82) is 0 Å². The van der Waals surface area contributed by atoms with Crippen LogP contribution in [0, 0.1) is 5.82 Å². The van der Waals surface area contributed by atoms with Crippen LogP contribution < -0.4 is 19.8 Å². The molecule has 2 aliphatic heterocycles. The molecule has 9 heteroatoms. The lowest BCUT2D eigenvalue weighted by molar-refractivity contribution is -0.125. The summed E-state index contributed by atoms with van der Waals surface area (Å²) in [6.45, 7) is 0.0938. The number of hydrogen-bond acceptors (Lipinski definition) is 6. The van der Waals surface area contributed by atoms with Crippen molar-refractivity contribution in [2.24, 2.45) is 0 Å². The Kier molecular flexibility index (Phi) is 5.27. The topological polar surface area (TPSA) is 89.3 Å². The number of anilines is 1.